The summed E-state index contributed by atoms with van der Waals surface area (Å²) < 4.78 is 11.7. The van der Waals surface area contributed by atoms with Crippen LogP contribution in [0.1, 0.15) is 38.3 Å². The van der Waals surface area contributed by atoms with Crippen LogP contribution in [0.4, 0.5) is 0 Å². The minimum atomic E-state index is 0. The number of benzene rings is 1. The van der Waals surface area contributed by atoms with Gasteiger partial charge in [0.2, 0.25) is 0 Å². The molecule has 1 aromatic carbocycles. The summed E-state index contributed by atoms with van der Waals surface area (Å²) in [4.78, 5) is 9.92. The van der Waals surface area contributed by atoms with Gasteiger partial charge in [-0.15, -0.1) is 24.0 Å². The molecule has 2 atom stereocenters. The van der Waals surface area contributed by atoms with E-state index in [0.717, 1.165) is 69.6 Å². The van der Waals surface area contributed by atoms with E-state index < -0.39 is 0 Å². The van der Waals surface area contributed by atoms with Crippen molar-refractivity contribution in [1.82, 2.24) is 20.4 Å². The number of aliphatic imine (C=N–C) groups is 1. The number of hydrogen-bond acceptors (Lipinski definition) is 5. The van der Waals surface area contributed by atoms with E-state index in [4.69, 9.17) is 14.5 Å². The molecule has 2 saturated heterocycles. The standard InChI is InChI=1S/C25H43N5O2.HI/c1-6-26-25(28-17-23(19(2)3)30-12-10-29(5)11-13-30)27-16-21-8-7-20(4)15-24(21)32-22-9-14-31-18-22;/h7-8,15,19,22-23H,6,9-14,16-18H2,1-5H3,(H2,26,27,28);1H. The molecule has 0 bridgehead atoms. The Morgan fingerprint density at radius 3 is 2.61 bits per heavy atom. The second-order valence-corrected chi connectivity index (χ2v) is 9.44. The van der Waals surface area contributed by atoms with Crippen molar-refractivity contribution in [3.8, 4) is 5.75 Å². The van der Waals surface area contributed by atoms with E-state index in [2.05, 4.69) is 73.4 Å². The van der Waals surface area contributed by atoms with Crippen LogP contribution in [0.15, 0.2) is 23.2 Å². The zero-order valence-electron chi connectivity index (χ0n) is 21.1. The summed E-state index contributed by atoms with van der Waals surface area (Å²) in [7, 11) is 2.21. The van der Waals surface area contributed by atoms with Crippen LogP contribution in [-0.2, 0) is 11.3 Å². The number of guanidine groups is 1. The summed E-state index contributed by atoms with van der Waals surface area (Å²) in [5.74, 6) is 2.38. The minimum absolute atomic E-state index is 0. The number of ether oxygens (including phenoxy) is 2. The predicted octanol–water partition coefficient (Wildman–Crippen LogP) is 3.11. The third kappa shape index (κ3) is 8.88. The van der Waals surface area contributed by atoms with Crippen molar-refractivity contribution in [3.63, 3.8) is 0 Å². The van der Waals surface area contributed by atoms with Gasteiger partial charge in [0, 0.05) is 57.3 Å². The highest BCUT2D eigenvalue weighted by Gasteiger charge is 2.25. The van der Waals surface area contributed by atoms with Crippen molar-refractivity contribution in [2.24, 2.45) is 10.9 Å². The molecular weight excluding hydrogens is 529 g/mol. The Hall–Kier alpha value is -1.10. The minimum Gasteiger partial charge on any atom is -0.488 e. The molecule has 2 aliphatic heterocycles. The quantitative estimate of drug-likeness (QED) is 0.269. The van der Waals surface area contributed by atoms with Crippen LogP contribution < -0.4 is 15.4 Å². The molecule has 7 nitrogen and oxygen atoms in total. The molecule has 0 aromatic heterocycles. The van der Waals surface area contributed by atoms with Crippen molar-refractivity contribution in [1.29, 1.82) is 0 Å². The van der Waals surface area contributed by atoms with E-state index in [9.17, 15) is 0 Å². The summed E-state index contributed by atoms with van der Waals surface area (Å²) in [5.41, 5.74) is 2.31. The van der Waals surface area contributed by atoms with Crippen LogP contribution in [0.5, 0.6) is 5.75 Å². The number of rotatable bonds is 9. The van der Waals surface area contributed by atoms with Crippen LogP contribution >= 0.6 is 24.0 Å². The number of aryl methyl sites for hydroxylation is 1. The molecule has 0 saturated carbocycles. The topological polar surface area (TPSA) is 61.4 Å². The normalized spacial score (nSPS) is 21.0. The number of halogens is 1. The molecule has 2 unspecified atom stereocenters. The maximum atomic E-state index is 6.25. The van der Waals surface area contributed by atoms with Crippen molar-refractivity contribution in [2.75, 3.05) is 59.5 Å². The lowest BCUT2D eigenvalue weighted by molar-refractivity contribution is 0.0900. The number of nitrogens with zero attached hydrogens (tertiary/aromatic N) is 3. The second-order valence-electron chi connectivity index (χ2n) is 9.44. The molecule has 8 heteroatoms. The summed E-state index contributed by atoms with van der Waals surface area (Å²) in [6, 6.07) is 6.87. The van der Waals surface area contributed by atoms with Gasteiger partial charge in [-0.1, -0.05) is 26.0 Å². The van der Waals surface area contributed by atoms with Gasteiger partial charge in [-0.3, -0.25) is 4.90 Å². The van der Waals surface area contributed by atoms with Crippen LogP contribution in [0.3, 0.4) is 0 Å². The van der Waals surface area contributed by atoms with Gasteiger partial charge in [0.1, 0.15) is 11.9 Å². The van der Waals surface area contributed by atoms with Gasteiger partial charge < -0.3 is 25.0 Å². The molecule has 0 aliphatic carbocycles. The lowest BCUT2D eigenvalue weighted by Gasteiger charge is -2.40. The van der Waals surface area contributed by atoms with Crippen LogP contribution in [0.2, 0.25) is 0 Å². The van der Waals surface area contributed by atoms with Gasteiger partial charge in [-0.2, -0.15) is 0 Å². The SMILES string of the molecule is CCNC(=NCc1ccc(C)cc1OC1CCOC1)NCC(C(C)C)N1CCN(C)CC1.I. The van der Waals surface area contributed by atoms with Crippen molar-refractivity contribution < 1.29 is 9.47 Å². The highest BCUT2D eigenvalue weighted by molar-refractivity contribution is 14.0. The Bertz CT molecular complexity index is 732. The molecule has 3 rings (SSSR count). The number of nitrogens with one attached hydrogen (secondary N) is 2. The van der Waals surface area contributed by atoms with E-state index in [1.807, 2.05) is 0 Å². The molecule has 2 heterocycles. The van der Waals surface area contributed by atoms with Crippen LogP contribution in [0, 0.1) is 12.8 Å². The van der Waals surface area contributed by atoms with Crippen LogP contribution in [0.25, 0.3) is 0 Å². The van der Waals surface area contributed by atoms with Gasteiger partial charge in [0.15, 0.2) is 5.96 Å². The zero-order valence-corrected chi connectivity index (χ0v) is 23.4. The zero-order chi connectivity index (χ0) is 22.9. The maximum absolute atomic E-state index is 6.25. The molecule has 2 aliphatic rings. The van der Waals surface area contributed by atoms with Gasteiger partial charge in [0.25, 0.3) is 0 Å². The summed E-state index contributed by atoms with van der Waals surface area (Å²) in [6.07, 6.45) is 1.09. The number of likely N-dealkylation sites (N-methyl/N-ethyl adjacent to an activating group) is 1. The Balaban J connectivity index is 0.00000385. The predicted molar refractivity (Wildman–Crippen MR) is 147 cm³/mol. The maximum Gasteiger partial charge on any atom is 0.191 e. The first-order chi connectivity index (χ1) is 15.5. The third-order valence-corrected chi connectivity index (χ3v) is 6.41. The fourth-order valence-corrected chi connectivity index (χ4v) is 4.33. The van der Waals surface area contributed by atoms with Gasteiger partial charge >= 0.3 is 0 Å². The Morgan fingerprint density at radius 2 is 1.97 bits per heavy atom. The largest absolute Gasteiger partial charge is 0.488 e. The first-order valence-corrected chi connectivity index (χ1v) is 12.2. The van der Waals surface area contributed by atoms with Gasteiger partial charge in [-0.25, -0.2) is 4.99 Å². The summed E-state index contributed by atoms with van der Waals surface area (Å²) in [6.45, 7) is 17.1. The molecular formula is C25H44IN5O2. The lowest BCUT2D eigenvalue weighted by Crippen LogP contribution is -2.55. The lowest BCUT2D eigenvalue weighted by atomic mass is 10.0. The highest BCUT2D eigenvalue weighted by atomic mass is 127. The van der Waals surface area contributed by atoms with E-state index in [0.29, 0.717) is 25.1 Å². The molecule has 33 heavy (non-hydrogen) atoms. The van der Waals surface area contributed by atoms with E-state index >= 15 is 0 Å². The third-order valence-electron chi connectivity index (χ3n) is 6.41. The second kappa shape index (κ2) is 14.3. The van der Waals surface area contributed by atoms with Gasteiger partial charge in [-0.05, 0) is 38.4 Å². The number of piperazine rings is 1. The Labute approximate surface area is 217 Å². The molecule has 0 radical (unpaired) electrons. The highest BCUT2D eigenvalue weighted by Crippen LogP contribution is 2.24. The molecule has 2 N–H and O–H groups in total. The van der Waals surface area contributed by atoms with Gasteiger partial charge in [0.05, 0.1) is 19.8 Å². The molecule has 0 amide bonds. The van der Waals surface area contributed by atoms with E-state index in [1.165, 1.54) is 5.56 Å². The monoisotopic (exact) mass is 573 g/mol. The Morgan fingerprint density at radius 1 is 1.21 bits per heavy atom. The fourth-order valence-electron chi connectivity index (χ4n) is 4.33. The van der Waals surface area contributed by atoms with Crippen molar-refractivity contribution in [2.45, 2.75) is 52.8 Å². The van der Waals surface area contributed by atoms with E-state index in [1.54, 1.807) is 0 Å². The molecule has 0 spiro atoms. The first kappa shape index (κ1) is 28.1. The van der Waals surface area contributed by atoms with E-state index in [-0.39, 0.29) is 30.1 Å². The van der Waals surface area contributed by atoms with Crippen molar-refractivity contribution >= 4 is 29.9 Å². The summed E-state index contributed by atoms with van der Waals surface area (Å²) in [5, 5.41) is 7.02. The average Bonchev–Trinajstić information content (AvgIpc) is 3.27. The smallest absolute Gasteiger partial charge is 0.191 e. The number of hydrogen-bond donors (Lipinski definition) is 2. The first-order valence-electron chi connectivity index (χ1n) is 12.2. The molecule has 188 valence electrons. The van der Waals surface area contributed by atoms with Crippen LogP contribution in [-0.4, -0.2) is 87.4 Å². The fraction of sp³-hybridized carbons (Fsp3) is 0.720. The Kier molecular flexibility index (Phi) is 12.2. The molecule has 2 fully saturated rings. The van der Waals surface area contributed by atoms with Crippen molar-refractivity contribution in [3.05, 3.63) is 29.3 Å². The average molecular weight is 574 g/mol. The summed E-state index contributed by atoms with van der Waals surface area (Å²) >= 11 is 0. The molecule has 1 aromatic rings.